The molecular formula is C11H14N2O3. The maximum absolute atomic E-state index is 10.8. The Bertz CT molecular complexity index is 416. The second-order valence-corrected chi connectivity index (χ2v) is 3.51. The van der Waals surface area contributed by atoms with Crippen LogP contribution < -0.4 is 10.5 Å². The molecule has 86 valence electrons. The van der Waals surface area contributed by atoms with Crippen LogP contribution in [0.3, 0.4) is 0 Å². The Balaban J connectivity index is 2.98. The lowest BCUT2D eigenvalue weighted by Gasteiger charge is -2.07. The minimum absolute atomic E-state index is 0.0656. The maximum atomic E-state index is 10.8. The molecule has 5 nitrogen and oxygen atoms in total. The van der Waals surface area contributed by atoms with E-state index >= 15 is 0 Å². The highest BCUT2D eigenvalue weighted by molar-refractivity contribution is 5.48. The molecule has 1 aromatic carbocycles. The smallest absolute Gasteiger partial charge is 0.311 e. The molecule has 1 aromatic rings. The van der Waals surface area contributed by atoms with E-state index in [1.165, 1.54) is 6.07 Å². The first-order chi connectivity index (χ1) is 7.54. The SMILES string of the molecule is C=C(C)COc1ccc(CN)cc1[N+](=O)[O-]. The first kappa shape index (κ1) is 12.2. The van der Waals surface area contributed by atoms with Crippen molar-refractivity contribution in [2.75, 3.05) is 6.61 Å². The summed E-state index contributed by atoms with van der Waals surface area (Å²) in [5.41, 5.74) is 6.85. The molecule has 0 unspecified atom stereocenters. The summed E-state index contributed by atoms with van der Waals surface area (Å²) >= 11 is 0. The summed E-state index contributed by atoms with van der Waals surface area (Å²) in [6.07, 6.45) is 0. The molecule has 0 aliphatic carbocycles. The average Bonchev–Trinajstić information content (AvgIpc) is 2.25. The third-order valence-electron chi connectivity index (χ3n) is 1.93. The van der Waals surface area contributed by atoms with Crippen LogP contribution in [0, 0.1) is 10.1 Å². The Morgan fingerprint density at radius 1 is 1.62 bits per heavy atom. The summed E-state index contributed by atoms with van der Waals surface area (Å²) in [5, 5.41) is 10.8. The Hall–Kier alpha value is -1.88. The normalized spacial score (nSPS) is 9.88. The maximum Gasteiger partial charge on any atom is 0.311 e. The molecule has 0 saturated heterocycles. The van der Waals surface area contributed by atoms with Crippen LogP contribution in [0.4, 0.5) is 5.69 Å². The Labute approximate surface area is 93.7 Å². The molecule has 2 N–H and O–H groups in total. The topological polar surface area (TPSA) is 78.4 Å². The molecule has 0 amide bonds. The van der Waals surface area contributed by atoms with E-state index in [1.807, 2.05) is 0 Å². The highest BCUT2D eigenvalue weighted by Crippen LogP contribution is 2.28. The average molecular weight is 222 g/mol. The third kappa shape index (κ3) is 3.06. The van der Waals surface area contributed by atoms with Gasteiger partial charge in [-0.3, -0.25) is 10.1 Å². The number of nitro benzene ring substituents is 1. The molecule has 0 saturated carbocycles. The summed E-state index contributed by atoms with van der Waals surface area (Å²) in [6, 6.07) is 4.69. The van der Waals surface area contributed by atoms with Gasteiger partial charge in [-0.15, -0.1) is 0 Å². The lowest BCUT2D eigenvalue weighted by Crippen LogP contribution is -2.03. The zero-order valence-electron chi connectivity index (χ0n) is 9.10. The van der Waals surface area contributed by atoms with Gasteiger partial charge in [0.1, 0.15) is 6.61 Å². The van der Waals surface area contributed by atoms with Crippen molar-refractivity contribution in [2.45, 2.75) is 13.5 Å². The van der Waals surface area contributed by atoms with E-state index in [-0.39, 0.29) is 24.6 Å². The van der Waals surface area contributed by atoms with Crippen LogP contribution in [0.15, 0.2) is 30.4 Å². The monoisotopic (exact) mass is 222 g/mol. The van der Waals surface area contributed by atoms with E-state index in [9.17, 15) is 10.1 Å². The summed E-state index contributed by atoms with van der Waals surface area (Å²) in [7, 11) is 0. The molecule has 0 heterocycles. The molecule has 1 rings (SSSR count). The van der Waals surface area contributed by atoms with Crippen LogP contribution in [0.5, 0.6) is 5.75 Å². The fourth-order valence-corrected chi connectivity index (χ4v) is 1.16. The largest absolute Gasteiger partial charge is 0.482 e. The summed E-state index contributed by atoms with van der Waals surface area (Å²) in [4.78, 5) is 10.3. The Kier molecular flexibility index (Phi) is 4.02. The van der Waals surface area contributed by atoms with Crippen LogP contribution >= 0.6 is 0 Å². The van der Waals surface area contributed by atoms with Crippen molar-refractivity contribution in [3.8, 4) is 5.75 Å². The van der Waals surface area contributed by atoms with Crippen LogP contribution in [-0.2, 0) is 6.54 Å². The quantitative estimate of drug-likeness (QED) is 0.469. The van der Waals surface area contributed by atoms with Gasteiger partial charge in [-0.25, -0.2) is 0 Å². The van der Waals surface area contributed by atoms with Crippen molar-refractivity contribution in [1.29, 1.82) is 0 Å². The first-order valence-electron chi connectivity index (χ1n) is 4.79. The van der Waals surface area contributed by atoms with Crippen LogP contribution in [0.2, 0.25) is 0 Å². The van der Waals surface area contributed by atoms with Crippen LogP contribution in [0.25, 0.3) is 0 Å². The van der Waals surface area contributed by atoms with Gasteiger partial charge in [-0.2, -0.15) is 0 Å². The van der Waals surface area contributed by atoms with Gasteiger partial charge in [0.25, 0.3) is 0 Å². The number of nitrogens with zero attached hydrogens (tertiary/aromatic N) is 1. The minimum Gasteiger partial charge on any atom is -0.482 e. The number of ether oxygens (including phenoxy) is 1. The molecular weight excluding hydrogens is 208 g/mol. The molecule has 0 fully saturated rings. The van der Waals surface area contributed by atoms with Crippen molar-refractivity contribution in [3.63, 3.8) is 0 Å². The standard InChI is InChI=1S/C11H14N2O3/c1-8(2)7-16-11-4-3-9(6-12)5-10(11)13(14)15/h3-5H,1,6-7,12H2,2H3. The minimum atomic E-state index is -0.479. The lowest BCUT2D eigenvalue weighted by molar-refractivity contribution is -0.385. The van der Waals surface area contributed by atoms with Crippen LogP contribution in [0.1, 0.15) is 12.5 Å². The predicted octanol–water partition coefficient (Wildman–Crippen LogP) is 2.01. The number of rotatable bonds is 5. The third-order valence-corrected chi connectivity index (χ3v) is 1.93. The van der Waals surface area contributed by atoms with E-state index in [1.54, 1.807) is 19.1 Å². The number of benzene rings is 1. The predicted molar refractivity (Wildman–Crippen MR) is 61.3 cm³/mol. The first-order valence-corrected chi connectivity index (χ1v) is 4.79. The Morgan fingerprint density at radius 2 is 2.31 bits per heavy atom. The van der Waals surface area contributed by atoms with E-state index in [2.05, 4.69) is 6.58 Å². The zero-order valence-corrected chi connectivity index (χ0v) is 9.10. The Morgan fingerprint density at radius 3 is 2.81 bits per heavy atom. The van der Waals surface area contributed by atoms with Gasteiger partial charge in [0.05, 0.1) is 4.92 Å². The van der Waals surface area contributed by atoms with Crippen molar-refractivity contribution < 1.29 is 9.66 Å². The number of hydrogen-bond acceptors (Lipinski definition) is 4. The van der Waals surface area contributed by atoms with E-state index in [0.717, 1.165) is 5.57 Å². The summed E-state index contributed by atoms with van der Waals surface area (Å²) in [5.74, 6) is 0.241. The molecule has 0 atom stereocenters. The van der Waals surface area contributed by atoms with Crippen molar-refractivity contribution >= 4 is 5.69 Å². The summed E-state index contributed by atoms with van der Waals surface area (Å²) < 4.78 is 5.28. The molecule has 0 aliphatic heterocycles. The molecule has 16 heavy (non-hydrogen) atoms. The van der Waals surface area contributed by atoms with Crippen molar-refractivity contribution in [1.82, 2.24) is 0 Å². The lowest BCUT2D eigenvalue weighted by atomic mass is 10.2. The molecule has 0 aliphatic rings. The number of nitrogens with two attached hydrogens (primary N) is 1. The summed E-state index contributed by atoms with van der Waals surface area (Å²) in [6.45, 7) is 5.99. The van der Waals surface area contributed by atoms with Gasteiger partial charge < -0.3 is 10.5 Å². The fourth-order valence-electron chi connectivity index (χ4n) is 1.16. The molecule has 0 spiro atoms. The fraction of sp³-hybridized carbons (Fsp3) is 0.273. The second-order valence-electron chi connectivity index (χ2n) is 3.51. The molecule has 0 radical (unpaired) electrons. The molecule has 0 bridgehead atoms. The number of hydrogen-bond donors (Lipinski definition) is 1. The number of nitro groups is 1. The molecule has 5 heteroatoms. The zero-order chi connectivity index (χ0) is 12.1. The van der Waals surface area contributed by atoms with E-state index < -0.39 is 4.92 Å². The second kappa shape index (κ2) is 5.27. The van der Waals surface area contributed by atoms with Gasteiger partial charge in [-0.05, 0) is 24.1 Å². The van der Waals surface area contributed by atoms with Crippen molar-refractivity contribution in [2.24, 2.45) is 5.73 Å². The van der Waals surface area contributed by atoms with Gasteiger partial charge in [-0.1, -0.05) is 12.6 Å². The van der Waals surface area contributed by atoms with Crippen LogP contribution in [-0.4, -0.2) is 11.5 Å². The van der Waals surface area contributed by atoms with Gasteiger partial charge in [0, 0.05) is 12.6 Å². The van der Waals surface area contributed by atoms with Gasteiger partial charge >= 0.3 is 5.69 Å². The van der Waals surface area contributed by atoms with E-state index in [0.29, 0.717) is 5.56 Å². The van der Waals surface area contributed by atoms with E-state index in [4.69, 9.17) is 10.5 Å². The molecule has 0 aromatic heterocycles. The van der Waals surface area contributed by atoms with Gasteiger partial charge in [0.15, 0.2) is 5.75 Å². The van der Waals surface area contributed by atoms with Crippen molar-refractivity contribution in [3.05, 3.63) is 46.0 Å². The highest BCUT2D eigenvalue weighted by atomic mass is 16.6. The highest BCUT2D eigenvalue weighted by Gasteiger charge is 2.15. The van der Waals surface area contributed by atoms with Gasteiger partial charge in [0.2, 0.25) is 0 Å².